The van der Waals surface area contributed by atoms with Crippen LogP contribution in [0.5, 0.6) is 0 Å². The zero-order chi connectivity index (χ0) is 12.0. The molecule has 90 valence electrons. The molecule has 2 rings (SSSR count). The van der Waals surface area contributed by atoms with Gasteiger partial charge in [0.05, 0.1) is 0 Å². The summed E-state index contributed by atoms with van der Waals surface area (Å²) in [6.45, 7) is 5.99. The highest BCUT2D eigenvalue weighted by atomic mass is 16.6. The molecule has 2 amide bonds. The van der Waals surface area contributed by atoms with Gasteiger partial charge in [-0.25, -0.2) is 9.69 Å². The molecule has 1 aliphatic heterocycles. The first kappa shape index (κ1) is 11.4. The fourth-order valence-corrected chi connectivity index (χ4v) is 2.39. The summed E-state index contributed by atoms with van der Waals surface area (Å²) in [5, 5.41) is 0. The lowest BCUT2D eigenvalue weighted by Crippen LogP contribution is -2.40. The molecule has 1 heterocycles. The fourth-order valence-electron chi connectivity index (χ4n) is 2.39. The largest absolute Gasteiger partial charge is 0.443 e. The quantitative estimate of drug-likeness (QED) is 0.635. The zero-order valence-electron chi connectivity index (χ0n) is 10.2. The number of hydrogen-bond donors (Lipinski definition) is 0. The van der Waals surface area contributed by atoms with Crippen molar-refractivity contribution in [3.63, 3.8) is 0 Å². The van der Waals surface area contributed by atoms with Gasteiger partial charge in [0, 0.05) is 13.0 Å². The van der Waals surface area contributed by atoms with E-state index in [-0.39, 0.29) is 11.3 Å². The molecule has 0 aromatic carbocycles. The second-order valence-electron chi connectivity index (χ2n) is 5.99. The lowest BCUT2D eigenvalue weighted by Gasteiger charge is -2.37. The molecule has 1 saturated carbocycles. The van der Waals surface area contributed by atoms with Gasteiger partial charge in [0.25, 0.3) is 0 Å². The van der Waals surface area contributed by atoms with Crippen molar-refractivity contribution >= 4 is 12.0 Å². The number of imide groups is 1. The smallest absolute Gasteiger partial charge is 0.417 e. The first-order valence-electron chi connectivity index (χ1n) is 5.85. The number of nitrogens with zero attached hydrogens (tertiary/aromatic N) is 1. The Kier molecular flexibility index (Phi) is 2.48. The Morgan fingerprint density at radius 3 is 2.38 bits per heavy atom. The van der Waals surface area contributed by atoms with Crippen molar-refractivity contribution in [2.45, 2.75) is 52.1 Å². The van der Waals surface area contributed by atoms with Crippen molar-refractivity contribution in [2.75, 3.05) is 6.54 Å². The standard InChI is InChI=1S/C12H19NO3/c1-11(2,3)16-10(15)13-8-12(5-4-6-12)7-9(13)14/h4-8H2,1-3H3. The van der Waals surface area contributed by atoms with E-state index >= 15 is 0 Å². The van der Waals surface area contributed by atoms with Crippen molar-refractivity contribution in [2.24, 2.45) is 5.41 Å². The monoisotopic (exact) mass is 225 g/mol. The maximum Gasteiger partial charge on any atom is 0.417 e. The summed E-state index contributed by atoms with van der Waals surface area (Å²) in [7, 11) is 0. The van der Waals surface area contributed by atoms with E-state index < -0.39 is 11.7 Å². The van der Waals surface area contributed by atoms with Crippen molar-refractivity contribution in [3.8, 4) is 0 Å². The van der Waals surface area contributed by atoms with Gasteiger partial charge < -0.3 is 4.74 Å². The van der Waals surface area contributed by atoms with E-state index in [0.717, 1.165) is 12.8 Å². The SMILES string of the molecule is CC(C)(C)OC(=O)N1CC2(CCC2)CC1=O. The Hall–Kier alpha value is -1.06. The van der Waals surface area contributed by atoms with Crippen LogP contribution in [0.1, 0.15) is 46.5 Å². The third-order valence-corrected chi connectivity index (χ3v) is 3.35. The number of hydrogen-bond acceptors (Lipinski definition) is 3. The Morgan fingerprint density at radius 2 is 2.00 bits per heavy atom. The van der Waals surface area contributed by atoms with Gasteiger partial charge in [-0.2, -0.15) is 0 Å². The topological polar surface area (TPSA) is 46.6 Å². The van der Waals surface area contributed by atoms with Crippen LogP contribution < -0.4 is 0 Å². The molecule has 2 fully saturated rings. The van der Waals surface area contributed by atoms with Crippen molar-refractivity contribution < 1.29 is 14.3 Å². The highest BCUT2D eigenvalue weighted by Crippen LogP contribution is 2.48. The number of likely N-dealkylation sites (tertiary alicyclic amines) is 1. The summed E-state index contributed by atoms with van der Waals surface area (Å²) in [6, 6.07) is 0. The summed E-state index contributed by atoms with van der Waals surface area (Å²) in [6.07, 6.45) is 3.35. The molecule has 0 unspecified atom stereocenters. The van der Waals surface area contributed by atoms with Gasteiger partial charge in [0.15, 0.2) is 0 Å². The lowest BCUT2D eigenvalue weighted by molar-refractivity contribution is -0.127. The van der Waals surface area contributed by atoms with E-state index in [4.69, 9.17) is 4.74 Å². The van der Waals surface area contributed by atoms with Gasteiger partial charge in [0.1, 0.15) is 5.60 Å². The minimum absolute atomic E-state index is 0.0750. The lowest BCUT2D eigenvalue weighted by atomic mass is 9.68. The summed E-state index contributed by atoms with van der Waals surface area (Å²) < 4.78 is 5.22. The number of carbonyl (C=O) groups is 2. The molecule has 0 radical (unpaired) electrons. The minimum Gasteiger partial charge on any atom is -0.443 e. The fraction of sp³-hybridized carbons (Fsp3) is 0.833. The number of ether oxygens (including phenoxy) is 1. The number of amides is 2. The Balaban J connectivity index is 2.00. The third-order valence-electron chi connectivity index (χ3n) is 3.35. The molecular formula is C12H19NO3. The highest BCUT2D eigenvalue weighted by Gasteiger charge is 2.49. The Labute approximate surface area is 95.9 Å². The van der Waals surface area contributed by atoms with Crippen LogP contribution in [0.2, 0.25) is 0 Å². The van der Waals surface area contributed by atoms with Crippen molar-refractivity contribution in [3.05, 3.63) is 0 Å². The molecule has 16 heavy (non-hydrogen) atoms. The van der Waals surface area contributed by atoms with E-state index in [1.54, 1.807) is 0 Å². The molecule has 0 bridgehead atoms. The van der Waals surface area contributed by atoms with Gasteiger partial charge in [-0.05, 0) is 39.0 Å². The Bertz CT molecular complexity index is 326. The van der Waals surface area contributed by atoms with Crippen LogP contribution in [0, 0.1) is 5.41 Å². The van der Waals surface area contributed by atoms with Crippen LogP contribution in [0.3, 0.4) is 0 Å². The second kappa shape index (κ2) is 3.47. The minimum atomic E-state index is -0.535. The van der Waals surface area contributed by atoms with E-state index in [1.807, 2.05) is 20.8 Å². The normalized spacial score (nSPS) is 23.4. The van der Waals surface area contributed by atoms with Crippen LogP contribution in [0.4, 0.5) is 4.79 Å². The molecule has 0 aromatic heterocycles. The summed E-state index contributed by atoms with van der Waals surface area (Å²) >= 11 is 0. The predicted molar refractivity (Wildman–Crippen MR) is 58.8 cm³/mol. The van der Waals surface area contributed by atoms with E-state index in [0.29, 0.717) is 13.0 Å². The van der Waals surface area contributed by atoms with Gasteiger partial charge >= 0.3 is 6.09 Å². The second-order valence-corrected chi connectivity index (χ2v) is 5.99. The highest BCUT2D eigenvalue weighted by molar-refractivity contribution is 5.94. The van der Waals surface area contributed by atoms with E-state index in [2.05, 4.69) is 0 Å². The van der Waals surface area contributed by atoms with Gasteiger partial charge in [-0.3, -0.25) is 4.79 Å². The average Bonchev–Trinajstić information content (AvgIpc) is 2.39. The summed E-state index contributed by atoms with van der Waals surface area (Å²) in [5.74, 6) is -0.0750. The maximum absolute atomic E-state index is 11.8. The molecule has 0 atom stereocenters. The average molecular weight is 225 g/mol. The number of carbonyl (C=O) groups excluding carboxylic acids is 2. The molecule has 4 heteroatoms. The van der Waals surface area contributed by atoms with Gasteiger partial charge in [-0.15, -0.1) is 0 Å². The molecule has 4 nitrogen and oxygen atoms in total. The first-order valence-corrected chi connectivity index (χ1v) is 5.85. The van der Waals surface area contributed by atoms with E-state index in [9.17, 15) is 9.59 Å². The first-order chi connectivity index (χ1) is 7.31. The molecular weight excluding hydrogens is 206 g/mol. The predicted octanol–water partition coefficient (Wildman–Crippen LogP) is 2.32. The van der Waals surface area contributed by atoms with E-state index in [1.165, 1.54) is 11.3 Å². The molecule has 1 spiro atoms. The maximum atomic E-state index is 11.8. The van der Waals surface area contributed by atoms with Crippen LogP contribution >= 0.6 is 0 Å². The molecule has 0 N–H and O–H groups in total. The molecule has 1 aliphatic carbocycles. The molecule has 2 aliphatic rings. The van der Waals surface area contributed by atoms with Crippen LogP contribution in [0.15, 0.2) is 0 Å². The van der Waals surface area contributed by atoms with Crippen molar-refractivity contribution in [1.82, 2.24) is 4.90 Å². The summed E-state index contributed by atoms with van der Waals surface area (Å²) in [4.78, 5) is 24.8. The molecule has 0 aromatic rings. The third kappa shape index (κ3) is 2.06. The number of rotatable bonds is 0. The zero-order valence-corrected chi connectivity index (χ0v) is 10.2. The van der Waals surface area contributed by atoms with Crippen LogP contribution in [0.25, 0.3) is 0 Å². The van der Waals surface area contributed by atoms with Crippen LogP contribution in [-0.4, -0.2) is 29.0 Å². The van der Waals surface area contributed by atoms with Crippen LogP contribution in [-0.2, 0) is 9.53 Å². The van der Waals surface area contributed by atoms with Crippen molar-refractivity contribution in [1.29, 1.82) is 0 Å². The Morgan fingerprint density at radius 1 is 1.38 bits per heavy atom. The van der Waals surface area contributed by atoms with Gasteiger partial charge in [-0.1, -0.05) is 6.42 Å². The molecule has 1 saturated heterocycles. The van der Waals surface area contributed by atoms with Gasteiger partial charge in [0.2, 0.25) is 5.91 Å². The summed E-state index contributed by atoms with van der Waals surface area (Å²) in [5.41, 5.74) is -0.444.